The summed E-state index contributed by atoms with van der Waals surface area (Å²) >= 11 is 0. The van der Waals surface area contributed by atoms with Gasteiger partial charge in [0.15, 0.2) is 0 Å². The SMILES string of the molecule is CNCc1ccc(F)c(COc2cccc(F)c2)c1. The van der Waals surface area contributed by atoms with Crippen molar-refractivity contribution >= 4 is 0 Å². The Kier molecular flexibility index (Phi) is 4.47. The topological polar surface area (TPSA) is 21.3 Å². The normalized spacial score (nSPS) is 10.5. The Balaban J connectivity index is 2.08. The Morgan fingerprint density at radius 1 is 1.11 bits per heavy atom. The van der Waals surface area contributed by atoms with Crippen molar-refractivity contribution in [2.24, 2.45) is 0 Å². The van der Waals surface area contributed by atoms with Crippen LogP contribution in [0.1, 0.15) is 11.1 Å². The molecule has 0 aliphatic rings. The lowest BCUT2D eigenvalue weighted by Crippen LogP contribution is -2.07. The smallest absolute Gasteiger partial charge is 0.129 e. The maximum atomic E-state index is 13.6. The van der Waals surface area contributed by atoms with Gasteiger partial charge >= 0.3 is 0 Å². The molecule has 0 unspecified atom stereocenters. The zero-order valence-electron chi connectivity index (χ0n) is 10.6. The van der Waals surface area contributed by atoms with Crippen molar-refractivity contribution in [2.75, 3.05) is 7.05 Å². The number of hydrogen-bond acceptors (Lipinski definition) is 2. The number of rotatable bonds is 5. The fourth-order valence-electron chi connectivity index (χ4n) is 1.77. The highest BCUT2D eigenvalue weighted by atomic mass is 19.1. The lowest BCUT2D eigenvalue weighted by molar-refractivity contribution is 0.298. The predicted molar refractivity (Wildman–Crippen MR) is 69.9 cm³/mol. The minimum atomic E-state index is -0.373. The van der Waals surface area contributed by atoms with Crippen molar-refractivity contribution in [3.05, 3.63) is 65.2 Å². The molecule has 0 atom stereocenters. The first-order valence-electron chi connectivity index (χ1n) is 5.99. The maximum absolute atomic E-state index is 13.6. The summed E-state index contributed by atoms with van der Waals surface area (Å²) in [7, 11) is 1.83. The van der Waals surface area contributed by atoms with E-state index in [1.165, 1.54) is 18.2 Å². The summed E-state index contributed by atoms with van der Waals surface area (Å²) in [5, 5.41) is 3.00. The van der Waals surface area contributed by atoms with Gasteiger partial charge < -0.3 is 10.1 Å². The van der Waals surface area contributed by atoms with Crippen molar-refractivity contribution in [2.45, 2.75) is 13.2 Å². The lowest BCUT2D eigenvalue weighted by atomic mass is 10.1. The molecule has 0 saturated carbocycles. The van der Waals surface area contributed by atoms with Crippen LogP contribution in [-0.2, 0) is 13.2 Å². The molecule has 0 aliphatic heterocycles. The Morgan fingerprint density at radius 3 is 2.68 bits per heavy atom. The van der Waals surface area contributed by atoms with Crippen LogP contribution in [0.2, 0.25) is 0 Å². The molecule has 100 valence electrons. The molecule has 2 aromatic rings. The summed E-state index contributed by atoms with van der Waals surface area (Å²) in [6.45, 7) is 0.736. The van der Waals surface area contributed by atoms with Gasteiger partial charge in [0, 0.05) is 18.2 Å². The van der Waals surface area contributed by atoms with Crippen LogP contribution in [0.3, 0.4) is 0 Å². The van der Waals surface area contributed by atoms with E-state index < -0.39 is 0 Å². The van der Waals surface area contributed by atoms with Crippen LogP contribution in [0.4, 0.5) is 8.78 Å². The van der Waals surface area contributed by atoms with Crippen LogP contribution in [0, 0.1) is 11.6 Å². The maximum Gasteiger partial charge on any atom is 0.129 e. The van der Waals surface area contributed by atoms with Crippen molar-refractivity contribution in [1.82, 2.24) is 5.32 Å². The second-order valence-corrected chi connectivity index (χ2v) is 4.20. The molecular formula is C15H15F2NO. The standard InChI is InChI=1S/C15H15F2NO/c1-18-9-11-5-6-15(17)12(7-11)10-19-14-4-2-3-13(16)8-14/h2-8,18H,9-10H2,1H3. The van der Waals surface area contributed by atoms with Gasteiger partial charge in [-0.3, -0.25) is 0 Å². The van der Waals surface area contributed by atoms with Crippen LogP contribution in [0.15, 0.2) is 42.5 Å². The molecule has 0 aliphatic carbocycles. The van der Waals surface area contributed by atoms with E-state index in [0.29, 0.717) is 17.9 Å². The van der Waals surface area contributed by atoms with E-state index in [1.54, 1.807) is 24.3 Å². The van der Waals surface area contributed by atoms with Gasteiger partial charge in [-0.05, 0) is 36.9 Å². The van der Waals surface area contributed by atoms with Gasteiger partial charge in [0.1, 0.15) is 24.0 Å². The van der Waals surface area contributed by atoms with E-state index in [9.17, 15) is 8.78 Å². The largest absolute Gasteiger partial charge is 0.489 e. The van der Waals surface area contributed by atoms with E-state index in [0.717, 1.165) is 5.56 Å². The monoisotopic (exact) mass is 263 g/mol. The van der Waals surface area contributed by atoms with Gasteiger partial charge in [0.05, 0.1) is 0 Å². The molecule has 2 rings (SSSR count). The quantitative estimate of drug-likeness (QED) is 0.894. The number of nitrogens with one attached hydrogen (secondary N) is 1. The van der Waals surface area contributed by atoms with E-state index in [4.69, 9.17) is 4.74 Å². The van der Waals surface area contributed by atoms with Crippen molar-refractivity contribution in [3.63, 3.8) is 0 Å². The molecule has 0 aromatic heterocycles. The molecule has 0 bridgehead atoms. The summed E-state index contributed by atoms with van der Waals surface area (Å²) in [6, 6.07) is 10.7. The molecule has 0 spiro atoms. The highest BCUT2D eigenvalue weighted by Crippen LogP contribution is 2.16. The molecule has 0 amide bonds. The van der Waals surface area contributed by atoms with Crippen LogP contribution in [0.5, 0.6) is 5.75 Å². The molecule has 4 heteroatoms. The van der Waals surface area contributed by atoms with E-state index in [1.807, 2.05) is 7.05 Å². The van der Waals surface area contributed by atoms with Crippen molar-refractivity contribution in [1.29, 1.82) is 0 Å². The zero-order valence-corrected chi connectivity index (χ0v) is 10.6. The Labute approximate surface area is 111 Å². The Hall–Kier alpha value is -1.94. The molecule has 2 nitrogen and oxygen atoms in total. The van der Waals surface area contributed by atoms with Crippen LogP contribution in [0.25, 0.3) is 0 Å². The second kappa shape index (κ2) is 6.29. The summed E-state index contributed by atoms with van der Waals surface area (Å²) in [5.74, 6) is -0.309. The molecule has 0 fully saturated rings. The third-order valence-corrected chi connectivity index (χ3v) is 2.68. The predicted octanol–water partition coefficient (Wildman–Crippen LogP) is 3.26. The summed E-state index contributed by atoms with van der Waals surface area (Å²) < 4.78 is 32.0. The first-order valence-corrected chi connectivity index (χ1v) is 5.99. The summed E-state index contributed by atoms with van der Waals surface area (Å²) in [5.41, 5.74) is 1.43. The third kappa shape index (κ3) is 3.76. The minimum Gasteiger partial charge on any atom is -0.489 e. The molecule has 19 heavy (non-hydrogen) atoms. The van der Waals surface area contributed by atoms with Crippen molar-refractivity contribution in [3.8, 4) is 5.75 Å². The zero-order chi connectivity index (χ0) is 13.7. The number of benzene rings is 2. The van der Waals surface area contributed by atoms with E-state index in [-0.39, 0.29) is 18.2 Å². The lowest BCUT2D eigenvalue weighted by Gasteiger charge is -2.09. The van der Waals surface area contributed by atoms with Gasteiger partial charge in [-0.2, -0.15) is 0 Å². The highest BCUT2D eigenvalue weighted by molar-refractivity contribution is 5.27. The molecular weight excluding hydrogens is 248 g/mol. The highest BCUT2D eigenvalue weighted by Gasteiger charge is 2.05. The fraction of sp³-hybridized carbons (Fsp3) is 0.200. The first kappa shape index (κ1) is 13.5. The number of ether oxygens (including phenoxy) is 1. The average Bonchev–Trinajstić information content (AvgIpc) is 2.40. The molecule has 0 radical (unpaired) electrons. The molecule has 1 N–H and O–H groups in total. The summed E-state index contributed by atoms with van der Waals surface area (Å²) in [4.78, 5) is 0. The van der Waals surface area contributed by atoms with Gasteiger partial charge in [0.25, 0.3) is 0 Å². The molecule has 0 heterocycles. The minimum absolute atomic E-state index is 0.0762. The van der Waals surface area contributed by atoms with Crippen LogP contribution < -0.4 is 10.1 Å². The molecule has 2 aromatic carbocycles. The summed E-state index contributed by atoms with van der Waals surface area (Å²) in [6.07, 6.45) is 0. The number of halogens is 2. The van der Waals surface area contributed by atoms with E-state index >= 15 is 0 Å². The van der Waals surface area contributed by atoms with Crippen molar-refractivity contribution < 1.29 is 13.5 Å². The Morgan fingerprint density at radius 2 is 1.95 bits per heavy atom. The van der Waals surface area contributed by atoms with Gasteiger partial charge in [-0.25, -0.2) is 8.78 Å². The van der Waals surface area contributed by atoms with Crippen LogP contribution >= 0.6 is 0 Å². The first-order chi connectivity index (χ1) is 9.19. The fourth-order valence-corrected chi connectivity index (χ4v) is 1.77. The number of hydrogen-bond donors (Lipinski definition) is 1. The third-order valence-electron chi connectivity index (χ3n) is 2.68. The molecule has 0 saturated heterocycles. The average molecular weight is 263 g/mol. The van der Waals surface area contributed by atoms with E-state index in [2.05, 4.69) is 5.32 Å². The second-order valence-electron chi connectivity index (χ2n) is 4.20. The van der Waals surface area contributed by atoms with Gasteiger partial charge in [-0.1, -0.05) is 12.1 Å². The Bertz CT molecular complexity index is 558. The van der Waals surface area contributed by atoms with Gasteiger partial charge in [0.2, 0.25) is 0 Å². The van der Waals surface area contributed by atoms with Gasteiger partial charge in [-0.15, -0.1) is 0 Å². The van der Waals surface area contributed by atoms with Crippen LogP contribution in [-0.4, -0.2) is 7.05 Å².